The number of halogens is 1. The average molecular weight is 280 g/mol. The molecule has 0 saturated heterocycles. The van der Waals surface area contributed by atoms with Crippen LogP contribution in [0, 0.1) is 18.7 Å². The van der Waals surface area contributed by atoms with Crippen LogP contribution in [0.3, 0.4) is 0 Å². The van der Waals surface area contributed by atoms with Crippen LogP contribution in [0.2, 0.25) is 0 Å². The first kappa shape index (κ1) is 17.1. The van der Waals surface area contributed by atoms with E-state index >= 15 is 0 Å². The summed E-state index contributed by atoms with van der Waals surface area (Å²) in [6.45, 7) is 11.2. The summed E-state index contributed by atoms with van der Waals surface area (Å²) in [4.78, 5) is 2.43. The van der Waals surface area contributed by atoms with Gasteiger partial charge in [-0.2, -0.15) is 0 Å². The molecular formula is C17H29FN2. The quantitative estimate of drug-likeness (QED) is 0.782. The van der Waals surface area contributed by atoms with Crippen molar-refractivity contribution in [3.8, 4) is 0 Å². The largest absolute Gasteiger partial charge is 0.329 e. The fourth-order valence-electron chi connectivity index (χ4n) is 2.84. The minimum Gasteiger partial charge on any atom is -0.329 e. The molecule has 0 aliphatic heterocycles. The zero-order valence-electron chi connectivity index (χ0n) is 13.3. The SMILES string of the molecule is CCC(CC)CN(CC)C(CN)c1ccc(F)cc1C. The molecule has 0 saturated carbocycles. The van der Waals surface area contributed by atoms with Gasteiger partial charge in [-0.25, -0.2) is 4.39 Å². The second kappa shape index (κ2) is 8.38. The molecular weight excluding hydrogens is 251 g/mol. The fraction of sp³-hybridized carbons (Fsp3) is 0.647. The van der Waals surface area contributed by atoms with E-state index in [1.54, 1.807) is 6.07 Å². The van der Waals surface area contributed by atoms with Crippen molar-refractivity contribution in [1.82, 2.24) is 4.90 Å². The third kappa shape index (κ3) is 4.29. The summed E-state index contributed by atoms with van der Waals surface area (Å²) >= 11 is 0. The monoisotopic (exact) mass is 280 g/mol. The number of hydrogen-bond donors (Lipinski definition) is 1. The molecule has 2 N–H and O–H groups in total. The molecule has 0 amide bonds. The minimum absolute atomic E-state index is 0.176. The highest BCUT2D eigenvalue weighted by Gasteiger charge is 2.21. The van der Waals surface area contributed by atoms with Gasteiger partial charge >= 0.3 is 0 Å². The van der Waals surface area contributed by atoms with Crippen LogP contribution in [-0.4, -0.2) is 24.5 Å². The minimum atomic E-state index is -0.176. The van der Waals surface area contributed by atoms with Gasteiger partial charge in [-0.3, -0.25) is 4.90 Å². The van der Waals surface area contributed by atoms with E-state index in [4.69, 9.17) is 5.73 Å². The van der Waals surface area contributed by atoms with Gasteiger partial charge in [0.2, 0.25) is 0 Å². The number of aryl methyl sites for hydroxylation is 1. The molecule has 2 nitrogen and oxygen atoms in total. The van der Waals surface area contributed by atoms with Crippen molar-refractivity contribution in [2.45, 2.75) is 46.6 Å². The maximum absolute atomic E-state index is 13.3. The van der Waals surface area contributed by atoms with Crippen molar-refractivity contribution in [3.63, 3.8) is 0 Å². The normalized spacial score (nSPS) is 13.2. The lowest BCUT2D eigenvalue weighted by Crippen LogP contribution is -2.37. The summed E-state index contributed by atoms with van der Waals surface area (Å²) in [7, 11) is 0. The van der Waals surface area contributed by atoms with E-state index in [1.807, 2.05) is 13.0 Å². The van der Waals surface area contributed by atoms with Crippen LogP contribution in [-0.2, 0) is 0 Å². The van der Waals surface area contributed by atoms with Gasteiger partial charge in [0.15, 0.2) is 0 Å². The van der Waals surface area contributed by atoms with Crippen molar-refractivity contribution in [3.05, 3.63) is 35.1 Å². The second-order valence-corrected chi connectivity index (χ2v) is 5.52. The first-order valence-electron chi connectivity index (χ1n) is 7.77. The van der Waals surface area contributed by atoms with Crippen LogP contribution in [0.15, 0.2) is 18.2 Å². The molecule has 0 aliphatic rings. The summed E-state index contributed by atoms with van der Waals surface area (Å²) in [6, 6.07) is 5.21. The molecule has 0 fully saturated rings. The third-order valence-corrected chi connectivity index (χ3v) is 4.31. The van der Waals surface area contributed by atoms with Gasteiger partial charge in [0.1, 0.15) is 5.82 Å². The zero-order chi connectivity index (χ0) is 15.1. The summed E-state index contributed by atoms with van der Waals surface area (Å²) in [6.07, 6.45) is 2.37. The van der Waals surface area contributed by atoms with Crippen LogP contribution in [0.1, 0.15) is 50.8 Å². The Morgan fingerprint density at radius 3 is 2.30 bits per heavy atom. The molecule has 20 heavy (non-hydrogen) atoms. The Kier molecular flexibility index (Phi) is 7.17. The molecule has 0 heterocycles. The molecule has 1 atom stereocenters. The number of likely N-dealkylation sites (N-methyl/N-ethyl adjacent to an activating group) is 1. The van der Waals surface area contributed by atoms with E-state index in [1.165, 1.54) is 18.9 Å². The Balaban J connectivity index is 2.96. The van der Waals surface area contributed by atoms with Gasteiger partial charge in [-0.15, -0.1) is 0 Å². The van der Waals surface area contributed by atoms with Gasteiger partial charge in [-0.1, -0.05) is 39.7 Å². The molecule has 0 radical (unpaired) electrons. The van der Waals surface area contributed by atoms with Crippen LogP contribution < -0.4 is 5.73 Å². The van der Waals surface area contributed by atoms with E-state index < -0.39 is 0 Å². The van der Waals surface area contributed by atoms with Crippen LogP contribution in [0.4, 0.5) is 4.39 Å². The van der Waals surface area contributed by atoms with Gasteiger partial charge in [0, 0.05) is 19.1 Å². The second-order valence-electron chi connectivity index (χ2n) is 5.52. The number of nitrogens with two attached hydrogens (primary N) is 1. The molecule has 114 valence electrons. The number of nitrogens with zero attached hydrogens (tertiary/aromatic N) is 1. The lowest BCUT2D eigenvalue weighted by Gasteiger charge is -2.33. The molecule has 1 unspecified atom stereocenters. The van der Waals surface area contributed by atoms with Crippen LogP contribution in [0.5, 0.6) is 0 Å². The average Bonchev–Trinajstić information content (AvgIpc) is 2.45. The highest BCUT2D eigenvalue weighted by molar-refractivity contribution is 5.30. The van der Waals surface area contributed by atoms with Crippen LogP contribution >= 0.6 is 0 Å². The topological polar surface area (TPSA) is 29.3 Å². The lowest BCUT2D eigenvalue weighted by molar-refractivity contribution is 0.174. The smallest absolute Gasteiger partial charge is 0.123 e. The Morgan fingerprint density at radius 1 is 1.20 bits per heavy atom. The maximum atomic E-state index is 13.3. The Labute approximate surface area is 123 Å². The Bertz CT molecular complexity index is 402. The standard InChI is InChI=1S/C17H29FN2/c1-5-14(6-2)12-20(7-3)17(11-19)16-9-8-15(18)10-13(16)4/h8-10,14,17H,5-7,11-12,19H2,1-4H3. The molecule has 1 aromatic rings. The predicted octanol–water partition coefficient (Wildman–Crippen LogP) is 3.89. The molecule has 0 aromatic heterocycles. The predicted molar refractivity (Wildman–Crippen MR) is 84.3 cm³/mol. The molecule has 1 rings (SSSR count). The Morgan fingerprint density at radius 2 is 1.85 bits per heavy atom. The Hall–Kier alpha value is -0.930. The lowest BCUT2D eigenvalue weighted by atomic mass is 9.97. The van der Waals surface area contributed by atoms with Gasteiger partial charge < -0.3 is 5.73 Å². The fourth-order valence-corrected chi connectivity index (χ4v) is 2.84. The van der Waals surface area contributed by atoms with E-state index in [0.29, 0.717) is 12.5 Å². The third-order valence-electron chi connectivity index (χ3n) is 4.31. The highest BCUT2D eigenvalue weighted by atomic mass is 19.1. The zero-order valence-corrected chi connectivity index (χ0v) is 13.3. The van der Waals surface area contributed by atoms with Crippen molar-refractivity contribution >= 4 is 0 Å². The molecule has 0 bridgehead atoms. The first-order chi connectivity index (χ1) is 9.57. The van der Waals surface area contributed by atoms with E-state index in [-0.39, 0.29) is 11.9 Å². The highest BCUT2D eigenvalue weighted by Crippen LogP contribution is 2.25. The van der Waals surface area contributed by atoms with Crippen LogP contribution in [0.25, 0.3) is 0 Å². The molecule has 0 spiro atoms. The van der Waals surface area contributed by atoms with Crippen molar-refractivity contribution in [2.75, 3.05) is 19.6 Å². The molecule has 0 aliphatic carbocycles. The molecule has 1 aromatic carbocycles. The first-order valence-corrected chi connectivity index (χ1v) is 7.77. The van der Waals surface area contributed by atoms with E-state index in [0.717, 1.165) is 24.2 Å². The van der Waals surface area contributed by atoms with Crippen molar-refractivity contribution < 1.29 is 4.39 Å². The summed E-state index contributed by atoms with van der Waals surface area (Å²) in [5, 5.41) is 0. The number of hydrogen-bond acceptors (Lipinski definition) is 2. The van der Waals surface area contributed by atoms with Crippen molar-refractivity contribution in [2.24, 2.45) is 11.7 Å². The summed E-state index contributed by atoms with van der Waals surface area (Å²) in [5.41, 5.74) is 8.16. The van der Waals surface area contributed by atoms with E-state index in [9.17, 15) is 4.39 Å². The maximum Gasteiger partial charge on any atom is 0.123 e. The van der Waals surface area contributed by atoms with Gasteiger partial charge in [-0.05, 0) is 42.6 Å². The molecule has 3 heteroatoms. The summed E-state index contributed by atoms with van der Waals surface area (Å²) in [5.74, 6) is 0.523. The van der Waals surface area contributed by atoms with Gasteiger partial charge in [0.05, 0.1) is 0 Å². The summed E-state index contributed by atoms with van der Waals surface area (Å²) < 4.78 is 13.3. The number of rotatable bonds is 8. The van der Waals surface area contributed by atoms with Crippen molar-refractivity contribution in [1.29, 1.82) is 0 Å². The van der Waals surface area contributed by atoms with E-state index in [2.05, 4.69) is 25.7 Å². The van der Waals surface area contributed by atoms with Gasteiger partial charge in [0.25, 0.3) is 0 Å². The number of benzene rings is 1.